The molecule has 0 aliphatic rings. The Bertz CT molecular complexity index is 435. The Hall–Kier alpha value is -1.75. The highest BCUT2D eigenvalue weighted by atomic mass is 16.5. The average molecular weight is 294 g/mol. The lowest BCUT2D eigenvalue weighted by Gasteiger charge is -2.18. The van der Waals surface area contributed by atoms with Gasteiger partial charge in [-0.15, -0.1) is 0 Å². The van der Waals surface area contributed by atoms with Crippen LogP contribution >= 0.6 is 0 Å². The number of carbonyl (C=O) groups excluding carboxylic acids is 1. The smallest absolute Gasteiger partial charge is 0.315 e. The van der Waals surface area contributed by atoms with Gasteiger partial charge in [0.1, 0.15) is 5.75 Å². The molecule has 0 saturated heterocycles. The largest absolute Gasteiger partial charge is 0.496 e. The number of rotatable bonds is 8. The van der Waals surface area contributed by atoms with Gasteiger partial charge in [0, 0.05) is 6.54 Å². The maximum atomic E-state index is 11.8. The van der Waals surface area contributed by atoms with Crippen LogP contribution in [0.25, 0.3) is 0 Å². The van der Waals surface area contributed by atoms with Crippen molar-refractivity contribution >= 4 is 6.03 Å². The molecule has 5 nitrogen and oxygen atoms in total. The van der Waals surface area contributed by atoms with Crippen molar-refractivity contribution in [2.75, 3.05) is 20.3 Å². The van der Waals surface area contributed by atoms with Crippen LogP contribution in [0.5, 0.6) is 5.75 Å². The molecule has 2 amide bonds. The molecule has 0 radical (unpaired) electrons. The van der Waals surface area contributed by atoms with Crippen molar-refractivity contribution < 1.29 is 14.6 Å². The Balaban J connectivity index is 2.36. The molecule has 21 heavy (non-hydrogen) atoms. The Kier molecular flexibility index (Phi) is 7.61. The topological polar surface area (TPSA) is 70.6 Å². The molecule has 0 aliphatic carbocycles. The van der Waals surface area contributed by atoms with Crippen molar-refractivity contribution in [1.29, 1.82) is 0 Å². The van der Waals surface area contributed by atoms with E-state index in [0.29, 0.717) is 18.9 Å². The Labute approximate surface area is 126 Å². The SMILES string of the molecule is COc1ccccc1CCNC(=O)NC(CO)CC(C)C. The minimum absolute atomic E-state index is 0.0435. The van der Waals surface area contributed by atoms with E-state index >= 15 is 0 Å². The van der Waals surface area contributed by atoms with Crippen LogP contribution in [0.2, 0.25) is 0 Å². The second-order valence-electron chi connectivity index (χ2n) is 5.47. The van der Waals surface area contributed by atoms with Gasteiger partial charge < -0.3 is 20.5 Å². The number of ether oxygens (including phenoxy) is 1. The van der Waals surface area contributed by atoms with Crippen molar-refractivity contribution in [3.8, 4) is 5.75 Å². The van der Waals surface area contributed by atoms with Gasteiger partial charge >= 0.3 is 6.03 Å². The summed E-state index contributed by atoms with van der Waals surface area (Å²) in [7, 11) is 1.64. The summed E-state index contributed by atoms with van der Waals surface area (Å²) in [6, 6.07) is 7.30. The number of para-hydroxylation sites is 1. The molecule has 0 aliphatic heterocycles. The number of aliphatic hydroxyl groups excluding tert-OH is 1. The van der Waals surface area contributed by atoms with Gasteiger partial charge in [-0.3, -0.25) is 0 Å². The van der Waals surface area contributed by atoms with Gasteiger partial charge in [0.15, 0.2) is 0 Å². The highest BCUT2D eigenvalue weighted by Gasteiger charge is 2.12. The van der Waals surface area contributed by atoms with Crippen molar-refractivity contribution in [2.45, 2.75) is 32.7 Å². The van der Waals surface area contributed by atoms with Crippen molar-refractivity contribution in [1.82, 2.24) is 10.6 Å². The van der Waals surface area contributed by atoms with E-state index in [-0.39, 0.29) is 18.7 Å². The summed E-state index contributed by atoms with van der Waals surface area (Å²) in [4.78, 5) is 11.8. The van der Waals surface area contributed by atoms with Crippen molar-refractivity contribution in [2.24, 2.45) is 5.92 Å². The fourth-order valence-electron chi connectivity index (χ4n) is 2.20. The number of benzene rings is 1. The fourth-order valence-corrected chi connectivity index (χ4v) is 2.20. The van der Waals surface area contributed by atoms with Gasteiger partial charge in [0.05, 0.1) is 19.8 Å². The van der Waals surface area contributed by atoms with Crippen LogP contribution in [0.4, 0.5) is 4.79 Å². The van der Waals surface area contributed by atoms with Crippen LogP contribution in [0.1, 0.15) is 25.8 Å². The molecule has 1 aromatic rings. The number of hydrogen-bond donors (Lipinski definition) is 3. The van der Waals surface area contributed by atoms with Gasteiger partial charge in [0.25, 0.3) is 0 Å². The van der Waals surface area contributed by atoms with E-state index in [9.17, 15) is 9.90 Å². The van der Waals surface area contributed by atoms with Crippen molar-refractivity contribution in [3.63, 3.8) is 0 Å². The van der Waals surface area contributed by atoms with Gasteiger partial charge in [-0.2, -0.15) is 0 Å². The molecule has 118 valence electrons. The normalized spacial score (nSPS) is 12.0. The number of aliphatic hydroxyl groups is 1. The lowest BCUT2D eigenvalue weighted by molar-refractivity contribution is 0.207. The number of hydrogen-bond acceptors (Lipinski definition) is 3. The number of nitrogens with one attached hydrogen (secondary N) is 2. The first kappa shape index (κ1) is 17.3. The zero-order chi connectivity index (χ0) is 15.7. The van der Waals surface area contributed by atoms with Gasteiger partial charge in [-0.05, 0) is 30.4 Å². The Morgan fingerprint density at radius 1 is 1.33 bits per heavy atom. The maximum absolute atomic E-state index is 11.8. The summed E-state index contributed by atoms with van der Waals surface area (Å²) in [6.07, 6.45) is 1.46. The van der Waals surface area contributed by atoms with Crippen LogP contribution < -0.4 is 15.4 Å². The third-order valence-corrected chi connectivity index (χ3v) is 3.18. The third kappa shape index (κ3) is 6.49. The molecular formula is C16H26N2O3. The average Bonchev–Trinajstić information content (AvgIpc) is 2.46. The molecule has 1 atom stereocenters. The van der Waals surface area contributed by atoms with Crippen LogP contribution in [0.3, 0.4) is 0 Å². The first-order valence-corrected chi connectivity index (χ1v) is 7.34. The first-order chi connectivity index (χ1) is 10.1. The summed E-state index contributed by atoms with van der Waals surface area (Å²) in [6.45, 7) is 4.60. The lowest BCUT2D eigenvalue weighted by atomic mass is 10.0. The minimum Gasteiger partial charge on any atom is -0.496 e. The number of methoxy groups -OCH3 is 1. The maximum Gasteiger partial charge on any atom is 0.315 e. The first-order valence-electron chi connectivity index (χ1n) is 7.34. The molecule has 0 heterocycles. The van der Waals surface area contributed by atoms with E-state index in [4.69, 9.17) is 4.74 Å². The summed E-state index contributed by atoms with van der Waals surface area (Å²) in [5, 5.41) is 14.8. The van der Waals surface area contributed by atoms with Gasteiger partial charge in [0.2, 0.25) is 0 Å². The fraction of sp³-hybridized carbons (Fsp3) is 0.562. The van der Waals surface area contributed by atoms with Crippen LogP contribution in [-0.2, 0) is 6.42 Å². The summed E-state index contributed by atoms with van der Waals surface area (Å²) in [5.41, 5.74) is 1.06. The van der Waals surface area contributed by atoms with E-state index in [1.807, 2.05) is 24.3 Å². The molecule has 1 aromatic carbocycles. The molecule has 0 aromatic heterocycles. The van der Waals surface area contributed by atoms with E-state index in [2.05, 4.69) is 24.5 Å². The predicted octanol–water partition coefficient (Wildman–Crippen LogP) is 1.94. The summed E-state index contributed by atoms with van der Waals surface area (Å²) in [5.74, 6) is 1.25. The van der Waals surface area contributed by atoms with E-state index in [1.165, 1.54) is 0 Å². The molecule has 3 N–H and O–H groups in total. The van der Waals surface area contributed by atoms with Gasteiger partial charge in [-0.25, -0.2) is 4.79 Å². The Morgan fingerprint density at radius 3 is 2.67 bits per heavy atom. The molecule has 0 fully saturated rings. The molecule has 0 spiro atoms. The highest BCUT2D eigenvalue weighted by Crippen LogP contribution is 2.17. The zero-order valence-corrected chi connectivity index (χ0v) is 13.1. The van der Waals surface area contributed by atoms with E-state index in [1.54, 1.807) is 7.11 Å². The lowest BCUT2D eigenvalue weighted by Crippen LogP contribution is -2.44. The standard InChI is InChI=1S/C16H26N2O3/c1-12(2)10-14(11-19)18-16(20)17-9-8-13-6-4-5-7-15(13)21-3/h4-7,12,14,19H,8-11H2,1-3H3,(H2,17,18,20). The van der Waals surface area contributed by atoms with Crippen molar-refractivity contribution in [3.05, 3.63) is 29.8 Å². The minimum atomic E-state index is -0.246. The quantitative estimate of drug-likeness (QED) is 0.686. The van der Waals surface area contributed by atoms with Crippen LogP contribution in [0, 0.1) is 5.92 Å². The Morgan fingerprint density at radius 2 is 2.05 bits per heavy atom. The highest BCUT2D eigenvalue weighted by molar-refractivity contribution is 5.74. The second kappa shape index (κ2) is 9.23. The zero-order valence-electron chi connectivity index (χ0n) is 13.1. The molecule has 1 rings (SSSR count). The molecular weight excluding hydrogens is 268 g/mol. The molecule has 0 bridgehead atoms. The van der Waals surface area contributed by atoms with Crippen LogP contribution in [-0.4, -0.2) is 37.4 Å². The third-order valence-electron chi connectivity index (χ3n) is 3.18. The number of amides is 2. The van der Waals surface area contributed by atoms with Crippen LogP contribution in [0.15, 0.2) is 24.3 Å². The summed E-state index contributed by atoms with van der Waals surface area (Å²) < 4.78 is 5.27. The number of carbonyl (C=O) groups is 1. The predicted molar refractivity (Wildman–Crippen MR) is 83.6 cm³/mol. The molecule has 0 saturated carbocycles. The van der Waals surface area contributed by atoms with E-state index in [0.717, 1.165) is 17.7 Å². The second-order valence-corrected chi connectivity index (χ2v) is 5.47. The van der Waals surface area contributed by atoms with E-state index < -0.39 is 0 Å². The monoisotopic (exact) mass is 294 g/mol. The van der Waals surface area contributed by atoms with Gasteiger partial charge in [-0.1, -0.05) is 32.0 Å². The molecule has 1 unspecified atom stereocenters. The molecule has 5 heteroatoms. The number of urea groups is 1. The summed E-state index contributed by atoms with van der Waals surface area (Å²) >= 11 is 0.